The molecule has 1 heterocycles. The van der Waals surface area contributed by atoms with Crippen LogP contribution in [-0.2, 0) is 13.0 Å². The first-order chi connectivity index (χ1) is 15.5. The Morgan fingerprint density at radius 3 is 2.75 bits per heavy atom. The summed E-state index contributed by atoms with van der Waals surface area (Å²) in [6.45, 7) is 4.04. The average molecular weight is 454 g/mol. The summed E-state index contributed by atoms with van der Waals surface area (Å²) in [5.41, 5.74) is 4.98. The second-order valence-electron chi connectivity index (χ2n) is 6.66. The molecule has 1 amide bonds. The molecule has 32 heavy (non-hydrogen) atoms. The van der Waals surface area contributed by atoms with Crippen LogP contribution in [0.5, 0.6) is 11.5 Å². The quantitative estimate of drug-likeness (QED) is 0.215. The average Bonchev–Trinajstić information content (AvgIpc) is 2.79. The van der Waals surface area contributed by atoms with Crippen molar-refractivity contribution in [3.8, 4) is 11.5 Å². The van der Waals surface area contributed by atoms with Gasteiger partial charge in [-0.2, -0.15) is 5.10 Å². The first kappa shape index (κ1) is 23.0. The Morgan fingerprint density at radius 1 is 1.28 bits per heavy atom. The molecule has 164 valence electrons. The van der Waals surface area contributed by atoms with Crippen molar-refractivity contribution in [2.24, 2.45) is 5.10 Å². The number of rotatable bonds is 9. The minimum atomic E-state index is -0.475. The minimum Gasteiger partial charge on any atom is -0.493 e. The molecule has 1 aromatic heterocycles. The van der Waals surface area contributed by atoms with Crippen LogP contribution in [-0.4, -0.2) is 24.2 Å². The van der Waals surface area contributed by atoms with Gasteiger partial charge in [0.15, 0.2) is 11.5 Å². The van der Waals surface area contributed by atoms with Gasteiger partial charge in [-0.3, -0.25) is 4.79 Å². The molecule has 0 fully saturated rings. The maximum absolute atomic E-state index is 13.1. The van der Waals surface area contributed by atoms with Crippen LogP contribution in [0.25, 0.3) is 0 Å². The topological polar surface area (TPSA) is 72.8 Å². The molecule has 0 radical (unpaired) electrons. The summed E-state index contributed by atoms with van der Waals surface area (Å²) >= 11 is 5.93. The van der Waals surface area contributed by atoms with Gasteiger partial charge in [-0.05, 0) is 53.9 Å². The van der Waals surface area contributed by atoms with Crippen molar-refractivity contribution in [3.05, 3.63) is 101 Å². The molecule has 0 bridgehead atoms. The summed E-state index contributed by atoms with van der Waals surface area (Å²) in [4.78, 5) is 16.1. The predicted molar refractivity (Wildman–Crippen MR) is 122 cm³/mol. The molecule has 0 spiro atoms. The monoisotopic (exact) mass is 453 g/mol. The lowest BCUT2D eigenvalue weighted by molar-refractivity contribution is 0.0955. The second kappa shape index (κ2) is 11.1. The fourth-order valence-electron chi connectivity index (χ4n) is 2.90. The van der Waals surface area contributed by atoms with E-state index < -0.39 is 5.91 Å². The van der Waals surface area contributed by atoms with Crippen molar-refractivity contribution in [1.82, 2.24) is 10.4 Å². The largest absolute Gasteiger partial charge is 0.493 e. The summed E-state index contributed by atoms with van der Waals surface area (Å²) in [6.07, 6.45) is 5.25. The molecule has 3 rings (SSSR count). The summed E-state index contributed by atoms with van der Waals surface area (Å²) in [5.74, 6) is 0.270. The molecule has 0 aliphatic carbocycles. The molecule has 2 aromatic carbocycles. The molecule has 0 unspecified atom stereocenters. The number of ether oxygens (including phenoxy) is 2. The van der Waals surface area contributed by atoms with Crippen molar-refractivity contribution in [2.45, 2.75) is 13.0 Å². The highest BCUT2D eigenvalue weighted by atomic mass is 35.5. The Bertz CT molecular complexity index is 1130. The lowest BCUT2D eigenvalue weighted by Crippen LogP contribution is -2.18. The first-order valence-corrected chi connectivity index (χ1v) is 10.0. The van der Waals surface area contributed by atoms with Gasteiger partial charge in [0.05, 0.1) is 18.9 Å². The number of carbonyl (C=O) groups excluding carboxylic acids is 1. The molecular weight excluding hydrogens is 433 g/mol. The van der Waals surface area contributed by atoms with Crippen molar-refractivity contribution < 1.29 is 18.7 Å². The summed E-state index contributed by atoms with van der Waals surface area (Å²) in [7, 11) is 1.53. The van der Waals surface area contributed by atoms with Crippen LogP contribution in [0.1, 0.15) is 27.0 Å². The van der Waals surface area contributed by atoms with Crippen molar-refractivity contribution in [3.63, 3.8) is 0 Å². The fraction of sp³-hybridized carbons (Fsp3) is 0.125. The number of nitrogens with one attached hydrogen (secondary N) is 1. The molecule has 0 aliphatic rings. The van der Waals surface area contributed by atoms with E-state index >= 15 is 0 Å². The van der Waals surface area contributed by atoms with Crippen molar-refractivity contribution in [2.75, 3.05) is 7.11 Å². The number of allylic oxidation sites excluding steroid dienone is 1. The van der Waals surface area contributed by atoms with E-state index in [1.807, 2.05) is 6.07 Å². The lowest BCUT2D eigenvalue weighted by atomic mass is 10.1. The van der Waals surface area contributed by atoms with Gasteiger partial charge in [0.2, 0.25) is 0 Å². The molecule has 1 N–H and O–H groups in total. The molecule has 3 aromatic rings. The maximum atomic E-state index is 13.1. The Hall–Kier alpha value is -3.71. The predicted octanol–water partition coefficient (Wildman–Crippen LogP) is 4.95. The van der Waals surface area contributed by atoms with Gasteiger partial charge in [0.1, 0.15) is 17.6 Å². The van der Waals surface area contributed by atoms with E-state index in [1.54, 1.807) is 36.4 Å². The number of hydrogen-bond acceptors (Lipinski definition) is 5. The van der Waals surface area contributed by atoms with Crippen LogP contribution in [0.15, 0.2) is 72.5 Å². The van der Waals surface area contributed by atoms with E-state index in [2.05, 4.69) is 22.1 Å². The smallest absolute Gasteiger partial charge is 0.274 e. The number of hydrazone groups is 1. The van der Waals surface area contributed by atoms with Gasteiger partial charge in [-0.25, -0.2) is 14.8 Å². The summed E-state index contributed by atoms with van der Waals surface area (Å²) in [6, 6.07) is 12.8. The number of halogens is 2. The number of carbonyl (C=O) groups is 1. The van der Waals surface area contributed by atoms with Crippen LogP contribution < -0.4 is 14.9 Å². The Morgan fingerprint density at radius 2 is 2.06 bits per heavy atom. The zero-order valence-corrected chi connectivity index (χ0v) is 18.1. The SMILES string of the molecule is C=CCc1cc(C=NNC(=O)c2cccnc2Cl)cc(OC)c1OCc1ccc(F)cc1. The van der Waals surface area contributed by atoms with Gasteiger partial charge in [0.25, 0.3) is 5.91 Å². The Kier molecular flexibility index (Phi) is 7.94. The number of hydrogen-bond donors (Lipinski definition) is 1. The molecule has 0 saturated carbocycles. The third kappa shape index (κ3) is 5.92. The minimum absolute atomic E-state index is 0.0952. The number of aromatic nitrogens is 1. The molecular formula is C24H21ClFN3O3. The van der Waals surface area contributed by atoms with Gasteiger partial charge >= 0.3 is 0 Å². The number of amides is 1. The molecule has 0 saturated heterocycles. The van der Waals surface area contributed by atoms with E-state index in [4.69, 9.17) is 21.1 Å². The van der Waals surface area contributed by atoms with Crippen LogP contribution in [0.4, 0.5) is 4.39 Å². The van der Waals surface area contributed by atoms with Gasteiger partial charge in [0, 0.05) is 11.8 Å². The second-order valence-corrected chi connectivity index (χ2v) is 7.02. The molecule has 6 nitrogen and oxygen atoms in total. The third-order valence-electron chi connectivity index (χ3n) is 4.42. The van der Waals surface area contributed by atoms with Crippen molar-refractivity contribution in [1.29, 1.82) is 0 Å². The van der Waals surface area contributed by atoms with Crippen molar-refractivity contribution >= 4 is 23.7 Å². The molecule has 0 atom stereocenters. The van der Waals surface area contributed by atoms with Crippen LogP contribution in [0, 0.1) is 5.82 Å². The van der Waals surface area contributed by atoms with E-state index in [0.717, 1.165) is 11.1 Å². The Balaban J connectivity index is 1.78. The maximum Gasteiger partial charge on any atom is 0.274 e. The van der Waals surface area contributed by atoms with Gasteiger partial charge < -0.3 is 9.47 Å². The number of methoxy groups -OCH3 is 1. The van der Waals surface area contributed by atoms with E-state index in [-0.39, 0.29) is 23.1 Å². The zero-order valence-electron chi connectivity index (χ0n) is 17.3. The van der Waals surface area contributed by atoms with Gasteiger partial charge in [-0.1, -0.05) is 29.8 Å². The normalized spacial score (nSPS) is 10.7. The summed E-state index contributed by atoms with van der Waals surface area (Å²) in [5, 5.41) is 4.09. The number of benzene rings is 2. The van der Waals surface area contributed by atoms with E-state index in [0.29, 0.717) is 23.5 Å². The highest BCUT2D eigenvalue weighted by Crippen LogP contribution is 2.34. The Labute approximate surface area is 190 Å². The van der Waals surface area contributed by atoms with Crippen LogP contribution in [0.3, 0.4) is 0 Å². The van der Waals surface area contributed by atoms with E-state index in [9.17, 15) is 9.18 Å². The lowest BCUT2D eigenvalue weighted by Gasteiger charge is -2.16. The molecule has 0 aliphatic heterocycles. The highest BCUT2D eigenvalue weighted by molar-refractivity contribution is 6.32. The standard InChI is InChI=1S/C24H21ClFN3O3/c1-3-5-18-12-17(14-28-29-24(30)20-6-4-11-27-23(20)25)13-21(31-2)22(18)32-15-16-7-9-19(26)10-8-16/h3-4,6-14H,1,5,15H2,2H3,(H,29,30). The number of nitrogens with zero attached hydrogens (tertiary/aromatic N) is 2. The summed E-state index contributed by atoms with van der Waals surface area (Å²) < 4.78 is 24.6. The fourth-order valence-corrected chi connectivity index (χ4v) is 3.10. The van der Waals surface area contributed by atoms with E-state index in [1.165, 1.54) is 31.7 Å². The van der Waals surface area contributed by atoms with Crippen LogP contribution in [0.2, 0.25) is 5.15 Å². The van der Waals surface area contributed by atoms with Crippen LogP contribution >= 0.6 is 11.6 Å². The third-order valence-corrected chi connectivity index (χ3v) is 4.72. The first-order valence-electron chi connectivity index (χ1n) is 9.64. The zero-order chi connectivity index (χ0) is 22.9. The van der Waals surface area contributed by atoms with Gasteiger partial charge in [-0.15, -0.1) is 6.58 Å². The highest BCUT2D eigenvalue weighted by Gasteiger charge is 2.13. The number of pyridine rings is 1. The molecule has 8 heteroatoms.